The van der Waals surface area contributed by atoms with Crippen LogP contribution < -0.4 is 15.8 Å². The van der Waals surface area contributed by atoms with Crippen LogP contribution in [0.15, 0.2) is 64.2 Å². The number of ether oxygens (including phenoxy) is 1. The molecule has 0 fully saturated rings. The molecule has 0 saturated carbocycles. The Morgan fingerprint density at radius 2 is 1.77 bits per heavy atom. The van der Waals surface area contributed by atoms with E-state index in [1.54, 1.807) is 7.11 Å². The Labute approximate surface area is 177 Å². The second-order valence-electron chi connectivity index (χ2n) is 6.20. The fourth-order valence-electron chi connectivity index (χ4n) is 2.69. The van der Waals surface area contributed by atoms with Gasteiger partial charge in [0.25, 0.3) is 11.1 Å². The lowest BCUT2D eigenvalue weighted by Gasteiger charge is -2.10. The maximum atomic E-state index is 5.88. The van der Waals surface area contributed by atoms with Crippen LogP contribution in [0.3, 0.4) is 0 Å². The van der Waals surface area contributed by atoms with Crippen LogP contribution in [0.2, 0.25) is 0 Å². The highest BCUT2D eigenvalue weighted by molar-refractivity contribution is 7.99. The highest BCUT2D eigenvalue weighted by Crippen LogP contribution is 2.36. The topological polar surface area (TPSA) is 125 Å². The van der Waals surface area contributed by atoms with Gasteiger partial charge in [-0.2, -0.15) is 15.0 Å². The first-order chi connectivity index (χ1) is 14.6. The molecule has 1 atom stereocenters. The summed E-state index contributed by atoms with van der Waals surface area (Å²) in [6, 6.07) is 17.0. The zero-order valence-electron chi connectivity index (χ0n) is 16.3. The van der Waals surface area contributed by atoms with E-state index in [2.05, 4.69) is 30.5 Å². The van der Waals surface area contributed by atoms with Crippen LogP contribution in [0.1, 0.15) is 18.0 Å². The van der Waals surface area contributed by atoms with Crippen molar-refractivity contribution >= 4 is 29.3 Å². The summed E-state index contributed by atoms with van der Waals surface area (Å²) in [6.07, 6.45) is 0. The normalized spacial score (nSPS) is 11.8. The van der Waals surface area contributed by atoms with Crippen LogP contribution >= 0.6 is 11.8 Å². The zero-order chi connectivity index (χ0) is 20.9. The maximum Gasteiger partial charge on any atom is 0.277 e. The molecular weight excluding hydrogens is 402 g/mol. The highest BCUT2D eigenvalue weighted by atomic mass is 32.2. The molecule has 0 amide bonds. The predicted molar refractivity (Wildman–Crippen MR) is 115 cm³/mol. The number of nitrogens with one attached hydrogen (secondary N) is 1. The molecule has 0 unspecified atom stereocenters. The summed E-state index contributed by atoms with van der Waals surface area (Å²) in [5, 5.41) is 11.6. The van der Waals surface area contributed by atoms with Gasteiger partial charge in [-0.1, -0.05) is 42.1 Å². The molecule has 0 aliphatic rings. The highest BCUT2D eigenvalue weighted by Gasteiger charge is 2.19. The lowest BCUT2D eigenvalue weighted by molar-refractivity contribution is 0.411. The Bertz CT molecular complexity index is 1140. The monoisotopic (exact) mass is 421 g/mol. The Kier molecular flexibility index (Phi) is 5.75. The number of thioether (sulfide) groups is 1. The van der Waals surface area contributed by atoms with E-state index in [0.29, 0.717) is 28.6 Å². The third-order valence-corrected chi connectivity index (χ3v) is 5.02. The largest absolute Gasteiger partial charge is 0.496 e. The molecule has 30 heavy (non-hydrogen) atoms. The van der Waals surface area contributed by atoms with Gasteiger partial charge in [-0.05, 0) is 31.2 Å². The van der Waals surface area contributed by atoms with Crippen molar-refractivity contribution in [3.8, 4) is 17.2 Å². The molecule has 0 bridgehead atoms. The van der Waals surface area contributed by atoms with Crippen molar-refractivity contribution in [1.82, 2.24) is 25.1 Å². The third-order valence-electron chi connectivity index (χ3n) is 4.08. The van der Waals surface area contributed by atoms with Crippen LogP contribution in [0.5, 0.6) is 5.75 Å². The molecule has 2 aromatic heterocycles. The van der Waals surface area contributed by atoms with E-state index in [9.17, 15) is 0 Å². The maximum absolute atomic E-state index is 5.88. The number of rotatable bonds is 7. The SMILES string of the molecule is COc1ccccc1-c1nnc(S[C@@H](C)c2nc(N)nc(Nc3ccccc3)n2)o1. The van der Waals surface area contributed by atoms with E-state index in [4.69, 9.17) is 14.9 Å². The molecule has 0 radical (unpaired) electrons. The number of methoxy groups -OCH3 is 1. The smallest absolute Gasteiger partial charge is 0.277 e. The van der Waals surface area contributed by atoms with Gasteiger partial charge >= 0.3 is 0 Å². The third kappa shape index (κ3) is 4.49. The fraction of sp³-hybridized carbons (Fsp3) is 0.150. The minimum absolute atomic E-state index is 0.131. The Morgan fingerprint density at radius 1 is 1.00 bits per heavy atom. The van der Waals surface area contributed by atoms with E-state index in [1.807, 2.05) is 61.5 Å². The minimum Gasteiger partial charge on any atom is -0.496 e. The van der Waals surface area contributed by atoms with Crippen molar-refractivity contribution < 1.29 is 9.15 Å². The van der Waals surface area contributed by atoms with Crippen molar-refractivity contribution in [1.29, 1.82) is 0 Å². The molecule has 4 rings (SSSR count). The van der Waals surface area contributed by atoms with Gasteiger partial charge in [0.2, 0.25) is 11.9 Å². The number of nitrogens with two attached hydrogens (primary N) is 1. The number of hydrogen-bond donors (Lipinski definition) is 2. The van der Waals surface area contributed by atoms with Gasteiger partial charge in [0.1, 0.15) is 11.6 Å². The van der Waals surface area contributed by atoms with Gasteiger partial charge in [0.05, 0.1) is 17.9 Å². The fourth-order valence-corrected chi connectivity index (χ4v) is 3.42. The van der Waals surface area contributed by atoms with Crippen LogP contribution in [-0.4, -0.2) is 32.3 Å². The van der Waals surface area contributed by atoms with Crippen molar-refractivity contribution in [2.24, 2.45) is 0 Å². The Balaban J connectivity index is 1.52. The minimum atomic E-state index is -0.197. The van der Waals surface area contributed by atoms with Crippen molar-refractivity contribution in [2.75, 3.05) is 18.2 Å². The summed E-state index contributed by atoms with van der Waals surface area (Å²) in [5.74, 6) is 2.04. The first-order valence-electron chi connectivity index (χ1n) is 9.09. The summed E-state index contributed by atoms with van der Waals surface area (Å²) in [7, 11) is 1.60. The van der Waals surface area contributed by atoms with Crippen LogP contribution in [0.25, 0.3) is 11.5 Å². The van der Waals surface area contributed by atoms with Gasteiger partial charge in [-0.3, -0.25) is 0 Å². The molecule has 152 valence electrons. The number of aromatic nitrogens is 5. The second kappa shape index (κ2) is 8.78. The van der Waals surface area contributed by atoms with Gasteiger partial charge in [0.15, 0.2) is 0 Å². The van der Waals surface area contributed by atoms with E-state index in [1.165, 1.54) is 11.8 Å². The molecule has 0 aliphatic heterocycles. The number of para-hydroxylation sites is 2. The van der Waals surface area contributed by atoms with Gasteiger partial charge in [-0.25, -0.2) is 0 Å². The van der Waals surface area contributed by atoms with Crippen LogP contribution in [0, 0.1) is 0 Å². The van der Waals surface area contributed by atoms with Crippen LogP contribution in [-0.2, 0) is 0 Å². The summed E-state index contributed by atoms with van der Waals surface area (Å²) < 4.78 is 11.2. The van der Waals surface area contributed by atoms with Gasteiger partial charge in [-0.15, -0.1) is 10.2 Å². The van der Waals surface area contributed by atoms with E-state index in [-0.39, 0.29) is 11.2 Å². The molecule has 4 aromatic rings. The average Bonchev–Trinajstić information content (AvgIpc) is 3.22. The lowest BCUT2D eigenvalue weighted by Crippen LogP contribution is -2.08. The van der Waals surface area contributed by atoms with E-state index >= 15 is 0 Å². The summed E-state index contributed by atoms with van der Waals surface area (Å²) >= 11 is 1.33. The molecule has 0 spiro atoms. The van der Waals surface area contributed by atoms with E-state index in [0.717, 1.165) is 11.3 Å². The molecule has 10 heteroatoms. The first-order valence-corrected chi connectivity index (χ1v) is 9.97. The molecule has 3 N–H and O–H groups in total. The number of benzene rings is 2. The van der Waals surface area contributed by atoms with Crippen molar-refractivity contribution in [2.45, 2.75) is 17.4 Å². The number of anilines is 3. The van der Waals surface area contributed by atoms with Crippen molar-refractivity contribution in [3.63, 3.8) is 0 Å². The Hall–Kier alpha value is -3.66. The molecule has 0 aliphatic carbocycles. The average molecular weight is 421 g/mol. The lowest BCUT2D eigenvalue weighted by atomic mass is 10.2. The predicted octanol–water partition coefficient (Wildman–Crippen LogP) is 4.11. The summed E-state index contributed by atoms with van der Waals surface area (Å²) in [6.45, 7) is 1.93. The molecular formula is C20H19N7O2S. The zero-order valence-corrected chi connectivity index (χ0v) is 17.1. The molecule has 9 nitrogen and oxygen atoms in total. The molecule has 2 heterocycles. The second-order valence-corrected chi connectivity index (χ2v) is 7.49. The standard InChI is InChI=1S/C20H19N7O2S/c1-12(16-23-18(21)25-19(24-16)22-13-8-4-3-5-9-13)30-20-27-26-17(29-20)14-10-6-7-11-15(14)28-2/h3-12H,1-2H3,(H3,21,22,23,24,25)/t12-/m0/s1. The quantitative estimate of drug-likeness (QED) is 0.421. The van der Waals surface area contributed by atoms with Crippen molar-refractivity contribution in [3.05, 3.63) is 60.4 Å². The number of nitrogens with zero attached hydrogens (tertiary/aromatic N) is 5. The van der Waals surface area contributed by atoms with Crippen LogP contribution in [0.4, 0.5) is 17.6 Å². The number of hydrogen-bond acceptors (Lipinski definition) is 10. The van der Waals surface area contributed by atoms with E-state index < -0.39 is 0 Å². The molecule has 0 saturated heterocycles. The first kappa shape index (κ1) is 19.6. The summed E-state index contributed by atoms with van der Waals surface area (Å²) in [4.78, 5) is 12.9. The Morgan fingerprint density at radius 3 is 2.57 bits per heavy atom. The number of nitrogen functional groups attached to an aromatic ring is 1. The van der Waals surface area contributed by atoms with Gasteiger partial charge < -0.3 is 20.2 Å². The summed E-state index contributed by atoms with van der Waals surface area (Å²) in [5.41, 5.74) is 7.46. The van der Waals surface area contributed by atoms with Gasteiger partial charge in [0, 0.05) is 5.69 Å². The molecule has 2 aromatic carbocycles.